The molecule has 1 heterocycles. The predicted octanol–water partition coefficient (Wildman–Crippen LogP) is 2.53. The van der Waals surface area contributed by atoms with Gasteiger partial charge in [-0.2, -0.15) is 5.10 Å². The summed E-state index contributed by atoms with van der Waals surface area (Å²) in [5, 5.41) is 13.1. The molecule has 2 rings (SSSR count). The predicted molar refractivity (Wildman–Crippen MR) is 86.2 cm³/mol. The summed E-state index contributed by atoms with van der Waals surface area (Å²) in [5.74, 6) is -1.11. The molecule has 1 aromatic heterocycles. The standard InChI is InChI=1S/C15H19N3O4S/c1-4-11-5-6-12(15(19)20)7-14(11)17-23(21,22)13-8-16-18(9-13)10(2)3/h5-10,17H,4H2,1-3H3,(H,19,20). The minimum atomic E-state index is -3.83. The number of aromatic nitrogens is 2. The average molecular weight is 337 g/mol. The van der Waals surface area contributed by atoms with Crippen LogP contribution in [0.5, 0.6) is 0 Å². The van der Waals surface area contributed by atoms with Crippen molar-refractivity contribution in [2.24, 2.45) is 0 Å². The molecular formula is C15H19N3O4S. The lowest BCUT2D eigenvalue weighted by Gasteiger charge is -2.11. The van der Waals surface area contributed by atoms with E-state index in [4.69, 9.17) is 5.11 Å². The Balaban J connectivity index is 2.39. The minimum Gasteiger partial charge on any atom is -0.478 e. The molecule has 0 bridgehead atoms. The van der Waals surface area contributed by atoms with E-state index in [0.717, 1.165) is 5.56 Å². The van der Waals surface area contributed by atoms with E-state index in [1.807, 2.05) is 20.8 Å². The number of carbonyl (C=O) groups is 1. The van der Waals surface area contributed by atoms with Gasteiger partial charge in [-0.3, -0.25) is 9.40 Å². The number of rotatable bonds is 6. The van der Waals surface area contributed by atoms with E-state index in [1.54, 1.807) is 10.7 Å². The maximum Gasteiger partial charge on any atom is 0.335 e. The SMILES string of the molecule is CCc1ccc(C(=O)O)cc1NS(=O)(=O)c1cnn(C(C)C)c1. The largest absolute Gasteiger partial charge is 0.478 e. The normalized spacial score (nSPS) is 11.7. The van der Waals surface area contributed by atoms with Gasteiger partial charge in [0, 0.05) is 12.2 Å². The number of benzene rings is 1. The summed E-state index contributed by atoms with van der Waals surface area (Å²) in [7, 11) is -3.83. The molecule has 0 aliphatic heterocycles. The molecule has 0 atom stereocenters. The van der Waals surface area contributed by atoms with E-state index < -0.39 is 16.0 Å². The highest BCUT2D eigenvalue weighted by Gasteiger charge is 2.19. The summed E-state index contributed by atoms with van der Waals surface area (Å²) in [6.07, 6.45) is 3.29. The number of carboxylic acids is 1. The lowest BCUT2D eigenvalue weighted by molar-refractivity contribution is 0.0697. The van der Waals surface area contributed by atoms with Crippen molar-refractivity contribution in [2.45, 2.75) is 38.1 Å². The first-order valence-electron chi connectivity index (χ1n) is 7.17. The van der Waals surface area contributed by atoms with E-state index in [-0.39, 0.29) is 22.2 Å². The zero-order valence-electron chi connectivity index (χ0n) is 13.1. The molecule has 23 heavy (non-hydrogen) atoms. The van der Waals surface area contributed by atoms with Crippen molar-refractivity contribution in [2.75, 3.05) is 4.72 Å². The number of nitrogens with one attached hydrogen (secondary N) is 1. The summed E-state index contributed by atoms with van der Waals surface area (Å²) < 4.78 is 29.0. The van der Waals surface area contributed by atoms with E-state index in [9.17, 15) is 13.2 Å². The summed E-state index contributed by atoms with van der Waals surface area (Å²) in [6, 6.07) is 4.43. The van der Waals surface area contributed by atoms with Crippen LogP contribution in [-0.4, -0.2) is 29.3 Å². The van der Waals surface area contributed by atoms with Gasteiger partial charge in [0.25, 0.3) is 10.0 Å². The first-order chi connectivity index (χ1) is 10.7. The average Bonchev–Trinajstić information content (AvgIpc) is 2.97. The third-order valence-electron chi connectivity index (χ3n) is 3.40. The van der Waals surface area contributed by atoms with E-state index in [2.05, 4.69) is 9.82 Å². The number of nitrogens with zero attached hydrogens (tertiary/aromatic N) is 2. The van der Waals surface area contributed by atoms with Crippen LogP contribution < -0.4 is 4.72 Å². The molecule has 0 saturated carbocycles. The molecule has 0 unspecified atom stereocenters. The lowest BCUT2D eigenvalue weighted by atomic mass is 10.1. The maximum absolute atomic E-state index is 12.5. The summed E-state index contributed by atoms with van der Waals surface area (Å²) >= 11 is 0. The Morgan fingerprint density at radius 2 is 2.09 bits per heavy atom. The molecule has 124 valence electrons. The van der Waals surface area contributed by atoms with Crippen molar-refractivity contribution in [3.63, 3.8) is 0 Å². The molecule has 0 amide bonds. The Labute approximate surface area is 135 Å². The molecule has 8 heteroatoms. The number of aromatic carboxylic acids is 1. The van der Waals surface area contributed by atoms with Gasteiger partial charge in [0.2, 0.25) is 0 Å². The Morgan fingerprint density at radius 1 is 1.39 bits per heavy atom. The number of hydrogen-bond acceptors (Lipinski definition) is 4. The monoisotopic (exact) mass is 337 g/mol. The molecule has 0 aliphatic carbocycles. The van der Waals surface area contributed by atoms with Gasteiger partial charge in [0.1, 0.15) is 4.90 Å². The second-order valence-corrected chi connectivity index (χ2v) is 7.07. The second kappa shape index (κ2) is 6.41. The molecule has 0 aliphatic rings. The zero-order chi connectivity index (χ0) is 17.2. The Hall–Kier alpha value is -2.35. The molecule has 0 fully saturated rings. The van der Waals surface area contributed by atoms with Crippen LogP contribution in [0.25, 0.3) is 0 Å². The topological polar surface area (TPSA) is 101 Å². The Kier molecular flexibility index (Phi) is 4.74. The molecule has 7 nitrogen and oxygen atoms in total. The van der Waals surface area contributed by atoms with Crippen LogP contribution >= 0.6 is 0 Å². The second-order valence-electron chi connectivity index (χ2n) is 5.39. The quantitative estimate of drug-likeness (QED) is 0.843. The number of carboxylic acid groups (broad SMARTS) is 1. The third-order valence-corrected chi connectivity index (χ3v) is 4.72. The molecule has 0 spiro atoms. The van der Waals surface area contributed by atoms with Gasteiger partial charge in [0.05, 0.1) is 17.4 Å². The molecule has 1 aromatic carbocycles. The van der Waals surface area contributed by atoms with Crippen molar-refractivity contribution >= 4 is 21.7 Å². The van der Waals surface area contributed by atoms with E-state index in [1.165, 1.54) is 24.5 Å². The van der Waals surface area contributed by atoms with Crippen LogP contribution in [0.1, 0.15) is 42.7 Å². The lowest BCUT2D eigenvalue weighted by Crippen LogP contribution is -2.14. The summed E-state index contributed by atoms with van der Waals surface area (Å²) in [4.78, 5) is 11.1. The van der Waals surface area contributed by atoms with Gasteiger partial charge in [-0.05, 0) is 38.0 Å². The van der Waals surface area contributed by atoms with Crippen LogP contribution in [0.4, 0.5) is 5.69 Å². The van der Waals surface area contributed by atoms with Crippen molar-refractivity contribution in [1.29, 1.82) is 0 Å². The van der Waals surface area contributed by atoms with Crippen LogP contribution in [0, 0.1) is 0 Å². The van der Waals surface area contributed by atoms with Crippen LogP contribution in [0.15, 0.2) is 35.5 Å². The number of aryl methyl sites for hydroxylation is 1. The van der Waals surface area contributed by atoms with Crippen molar-refractivity contribution < 1.29 is 18.3 Å². The van der Waals surface area contributed by atoms with Gasteiger partial charge < -0.3 is 5.11 Å². The first-order valence-corrected chi connectivity index (χ1v) is 8.66. The van der Waals surface area contributed by atoms with Crippen LogP contribution in [-0.2, 0) is 16.4 Å². The Bertz CT molecular complexity index is 825. The van der Waals surface area contributed by atoms with Gasteiger partial charge in [-0.25, -0.2) is 13.2 Å². The minimum absolute atomic E-state index is 0.0257. The highest BCUT2D eigenvalue weighted by atomic mass is 32.2. The highest BCUT2D eigenvalue weighted by molar-refractivity contribution is 7.92. The summed E-state index contributed by atoms with van der Waals surface area (Å²) in [6.45, 7) is 5.65. The maximum atomic E-state index is 12.5. The van der Waals surface area contributed by atoms with E-state index in [0.29, 0.717) is 6.42 Å². The number of anilines is 1. The summed E-state index contributed by atoms with van der Waals surface area (Å²) in [5.41, 5.74) is 1.01. The molecule has 0 saturated heterocycles. The number of sulfonamides is 1. The van der Waals surface area contributed by atoms with Gasteiger partial charge in [-0.1, -0.05) is 13.0 Å². The fourth-order valence-electron chi connectivity index (χ4n) is 2.06. The number of hydrogen-bond donors (Lipinski definition) is 2. The fraction of sp³-hybridized carbons (Fsp3) is 0.333. The Morgan fingerprint density at radius 3 is 2.61 bits per heavy atom. The molecular weight excluding hydrogens is 318 g/mol. The smallest absolute Gasteiger partial charge is 0.335 e. The molecule has 2 aromatic rings. The molecule has 0 radical (unpaired) electrons. The van der Waals surface area contributed by atoms with Crippen molar-refractivity contribution in [1.82, 2.24) is 9.78 Å². The van der Waals surface area contributed by atoms with Crippen molar-refractivity contribution in [3.05, 3.63) is 41.7 Å². The molecule has 2 N–H and O–H groups in total. The van der Waals surface area contributed by atoms with Gasteiger partial charge in [0.15, 0.2) is 0 Å². The first kappa shape index (κ1) is 17.0. The van der Waals surface area contributed by atoms with Crippen LogP contribution in [0.3, 0.4) is 0 Å². The zero-order valence-corrected chi connectivity index (χ0v) is 14.0. The van der Waals surface area contributed by atoms with Crippen molar-refractivity contribution in [3.8, 4) is 0 Å². The van der Waals surface area contributed by atoms with Gasteiger partial charge in [-0.15, -0.1) is 0 Å². The fourth-order valence-corrected chi connectivity index (χ4v) is 3.09. The van der Waals surface area contributed by atoms with E-state index >= 15 is 0 Å². The van der Waals surface area contributed by atoms with Crippen LogP contribution in [0.2, 0.25) is 0 Å². The third kappa shape index (κ3) is 3.70. The highest BCUT2D eigenvalue weighted by Crippen LogP contribution is 2.23. The van der Waals surface area contributed by atoms with Gasteiger partial charge >= 0.3 is 5.97 Å².